The first-order valence-electron chi connectivity index (χ1n) is 9.36. The lowest BCUT2D eigenvalue weighted by Crippen LogP contribution is -2.29. The summed E-state index contributed by atoms with van der Waals surface area (Å²) in [4.78, 5) is 6.51. The molecule has 29 heavy (non-hydrogen) atoms. The summed E-state index contributed by atoms with van der Waals surface area (Å²) in [5.41, 5.74) is 10.5. The van der Waals surface area contributed by atoms with Crippen LogP contribution in [0.2, 0.25) is 0 Å². The molecule has 0 unspecified atom stereocenters. The Balaban J connectivity index is 1.82. The lowest BCUT2D eigenvalue weighted by atomic mass is 10.0. The predicted octanol–water partition coefficient (Wildman–Crippen LogP) is 2.42. The third-order valence-corrected chi connectivity index (χ3v) is 4.42. The molecule has 0 radical (unpaired) electrons. The van der Waals surface area contributed by atoms with Gasteiger partial charge in [-0.05, 0) is 48.6 Å². The van der Waals surface area contributed by atoms with Gasteiger partial charge in [0.05, 0.1) is 41.7 Å². The number of nitrogens with two attached hydrogens (primary N) is 1. The number of nitrogens with one attached hydrogen (secondary N) is 2. The molecule has 0 saturated carbocycles. The Morgan fingerprint density at radius 2 is 1.59 bits per heavy atom. The maximum Gasteiger partial charge on any atom is 0.0888 e. The molecule has 7 heteroatoms. The number of nitrogens with zero attached hydrogens (tertiary/aromatic N) is 2. The van der Waals surface area contributed by atoms with E-state index in [9.17, 15) is 10.2 Å². The smallest absolute Gasteiger partial charge is 0.0888 e. The maximum absolute atomic E-state index is 9.18. The van der Waals surface area contributed by atoms with Crippen LogP contribution in [0, 0.1) is 5.41 Å². The quantitative estimate of drug-likeness (QED) is 0.443. The number of rotatable bonds is 8. The molecular formula is C22H25N5O2. The summed E-state index contributed by atoms with van der Waals surface area (Å²) in [7, 11) is 0. The lowest BCUT2D eigenvalue weighted by molar-refractivity contribution is 0.281. The minimum Gasteiger partial charge on any atom is -0.397 e. The van der Waals surface area contributed by atoms with Gasteiger partial charge in [0.25, 0.3) is 0 Å². The van der Waals surface area contributed by atoms with Crippen molar-refractivity contribution in [3.63, 3.8) is 0 Å². The van der Waals surface area contributed by atoms with Crippen LogP contribution in [0.15, 0.2) is 83.1 Å². The van der Waals surface area contributed by atoms with E-state index < -0.39 is 0 Å². The van der Waals surface area contributed by atoms with Gasteiger partial charge < -0.3 is 26.2 Å². The third-order valence-electron chi connectivity index (χ3n) is 4.42. The molecule has 6 N–H and O–H groups in total. The van der Waals surface area contributed by atoms with Crippen molar-refractivity contribution in [3.05, 3.63) is 78.1 Å². The fourth-order valence-electron chi connectivity index (χ4n) is 2.97. The molecule has 2 aromatic carbocycles. The second-order valence-electron chi connectivity index (χ2n) is 6.51. The van der Waals surface area contributed by atoms with Gasteiger partial charge in [-0.2, -0.15) is 0 Å². The highest BCUT2D eigenvalue weighted by atomic mass is 16.3. The summed E-state index contributed by atoms with van der Waals surface area (Å²) in [6, 6.07) is 17.1. The Hall–Kier alpha value is -3.42. The first kappa shape index (κ1) is 20.3. The van der Waals surface area contributed by atoms with Crippen LogP contribution < -0.4 is 16.0 Å². The molecule has 0 spiro atoms. The molecule has 1 aliphatic carbocycles. The highest BCUT2D eigenvalue weighted by Crippen LogP contribution is 2.22. The van der Waals surface area contributed by atoms with Crippen LogP contribution in [0.4, 0.5) is 17.1 Å². The molecule has 3 rings (SSSR count). The third kappa shape index (κ3) is 5.31. The molecule has 0 aromatic heterocycles. The van der Waals surface area contributed by atoms with E-state index in [1.807, 2.05) is 59.5 Å². The van der Waals surface area contributed by atoms with E-state index in [1.54, 1.807) is 12.2 Å². The van der Waals surface area contributed by atoms with Gasteiger partial charge in [-0.1, -0.05) is 18.2 Å². The van der Waals surface area contributed by atoms with Gasteiger partial charge in [0.1, 0.15) is 0 Å². The number of aliphatic hydroxyl groups is 2. The topological polar surface area (TPSA) is 118 Å². The van der Waals surface area contributed by atoms with Gasteiger partial charge in [0.2, 0.25) is 0 Å². The Morgan fingerprint density at radius 3 is 2.21 bits per heavy atom. The SMILES string of the molecule is N=C1C=C(N)C(=Nc2ccc(N(CCO)CCO)cc2)C=C1Nc1ccccc1. The van der Waals surface area contributed by atoms with E-state index in [2.05, 4.69) is 10.3 Å². The van der Waals surface area contributed by atoms with E-state index >= 15 is 0 Å². The number of hydrogen-bond donors (Lipinski definition) is 5. The molecule has 0 amide bonds. The van der Waals surface area contributed by atoms with Crippen LogP contribution in [0.25, 0.3) is 0 Å². The normalized spacial score (nSPS) is 15.1. The van der Waals surface area contributed by atoms with Crippen molar-refractivity contribution in [1.29, 1.82) is 5.41 Å². The molecular weight excluding hydrogens is 366 g/mol. The van der Waals surface area contributed by atoms with Crippen molar-refractivity contribution in [2.45, 2.75) is 0 Å². The molecule has 2 aromatic rings. The Labute approximate surface area is 170 Å². The second-order valence-corrected chi connectivity index (χ2v) is 6.51. The van der Waals surface area contributed by atoms with Crippen LogP contribution in [-0.4, -0.2) is 47.9 Å². The van der Waals surface area contributed by atoms with E-state index in [1.165, 1.54) is 0 Å². The van der Waals surface area contributed by atoms with Crippen molar-refractivity contribution in [1.82, 2.24) is 0 Å². The molecule has 0 saturated heterocycles. The number of para-hydroxylation sites is 1. The molecule has 1 aliphatic rings. The maximum atomic E-state index is 9.18. The Kier molecular flexibility index (Phi) is 6.78. The number of aliphatic hydroxyl groups excluding tert-OH is 2. The number of hydrogen-bond acceptors (Lipinski definition) is 7. The largest absolute Gasteiger partial charge is 0.397 e. The van der Waals surface area contributed by atoms with Crippen molar-refractivity contribution in [2.75, 3.05) is 36.5 Å². The van der Waals surface area contributed by atoms with Gasteiger partial charge in [0.15, 0.2) is 0 Å². The zero-order chi connectivity index (χ0) is 20.6. The Morgan fingerprint density at radius 1 is 0.931 bits per heavy atom. The molecule has 150 valence electrons. The highest BCUT2D eigenvalue weighted by Gasteiger charge is 2.15. The Bertz CT molecular complexity index is 927. The van der Waals surface area contributed by atoms with Crippen LogP contribution in [0.3, 0.4) is 0 Å². The molecule has 0 heterocycles. The van der Waals surface area contributed by atoms with Crippen LogP contribution >= 0.6 is 0 Å². The van der Waals surface area contributed by atoms with Crippen molar-refractivity contribution in [2.24, 2.45) is 10.7 Å². The highest BCUT2D eigenvalue weighted by molar-refractivity contribution is 6.23. The fraction of sp³-hybridized carbons (Fsp3) is 0.182. The molecule has 0 aliphatic heterocycles. The predicted molar refractivity (Wildman–Crippen MR) is 118 cm³/mol. The van der Waals surface area contributed by atoms with Crippen molar-refractivity contribution >= 4 is 28.5 Å². The van der Waals surface area contributed by atoms with Gasteiger partial charge in [-0.25, -0.2) is 4.99 Å². The van der Waals surface area contributed by atoms with Gasteiger partial charge in [-0.15, -0.1) is 0 Å². The van der Waals surface area contributed by atoms with Crippen LogP contribution in [0.1, 0.15) is 0 Å². The minimum atomic E-state index is 0.0132. The van der Waals surface area contributed by atoms with E-state index in [4.69, 9.17) is 11.1 Å². The van der Waals surface area contributed by atoms with E-state index in [0.29, 0.717) is 35.9 Å². The van der Waals surface area contributed by atoms with Gasteiger partial charge in [0, 0.05) is 24.5 Å². The van der Waals surface area contributed by atoms with E-state index in [0.717, 1.165) is 17.1 Å². The summed E-state index contributed by atoms with van der Waals surface area (Å²) in [5, 5.41) is 29.7. The number of benzene rings is 2. The summed E-state index contributed by atoms with van der Waals surface area (Å²) in [6.07, 6.45) is 3.35. The van der Waals surface area contributed by atoms with Crippen molar-refractivity contribution < 1.29 is 10.2 Å². The zero-order valence-corrected chi connectivity index (χ0v) is 16.0. The minimum absolute atomic E-state index is 0.0132. The fourth-order valence-corrected chi connectivity index (χ4v) is 2.97. The molecule has 7 nitrogen and oxygen atoms in total. The number of allylic oxidation sites excluding steroid dienone is 2. The van der Waals surface area contributed by atoms with Gasteiger partial charge in [-0.3, -0.25) is 5.41 Å². The average Bonchev–Trinajstić information content (AvgIpc) is 2.73. The van der Waals surface area contributed by atoms with E-state index in [-0.39, 0.29) is 13.2 Å². The summed E-state index contributed by atoms with van der Waals surface area (Å²) in [5.74, 6) is 0. The summed E-state index contributed by atoms with van der Waals surface area (Å²) in [6.45, 7) is 0.922. The summed E-state index contributed by atoms with van der Waals surface area (Å²) < 4.78 is 0. The van der Waals surface area contributed by atoms with Gasteiger partial charge >= 0.3 is 0 Å². The monoisotopic (exact) mass is 391 g/mol. The second kappa shape index (κ2) is 9.68. The number of anilines is 2. The molecule has 0 atom stereocenters. The van der Waals surface area contributed by atoms with Crippen molar-refractivity contribution in [3.8, 4) is 0 Å². The summed E-state index contributed by atoms with van der Waals surface area (Å²) >= 11 is 0. The molecule has 0 fully saturated rings. The lowest BCUT2D eigenvalue weighted by Gasteiger charge is -2.23. The number of aliphatic imine (C=N–C) groups is 1. The first-order valence-corrected chi connectivity index (χ1v) is 9.36. The standard InChI is InChI=1S/C22H25N5O2/c23-19-14-20(24)22(15-21(19)25-16-4-2-1-3-5-16)26-17-6-8-18(9-7-17)27(10-12-28)11-13-29/h1-9,14-15,23,25,28-29H,10-13,24H2. The average molecular weight is 391 g/mol. The first-order chi connectivity index (χ1) is 14.1. The van der Waals surface area contributed by atoms with Crippen LogP contribution in [-0.2, 0) is 0 Å². The molecule has 0 bridgehead atoms. The zero-order valence-electron chi connectivity index (χ0n) is 16.0. The van der Waals surface area contributed by atoms with Crippen LogP contribution in [0.5, 0.6) is 0 Å².